The third kappa shape index (κ3) is 3.33. The van der Waals surface area contributed by atoms with Crippen LogP contribution in [0.1, 0.15) is 15.9 Å². The summed E-state index contributed by atoms with van der Waals surface area (Å²) in [6.07, 6.45) is 0. The number of carbonyl (C=O) groups excluding carboxylic acids is 1. The summed E-state index contributed by atoms with van der Waals surface area (Å²) in [6.45, 7) is 0.466. The van der Waals surface area contributed by atoms with Crippen molar-refractivity contribution in [1.29, 1.82) is 0 Å². The smallest absolute Gasteiger partial charge is 0.248 e. The minimum Gasteiger partial charge on any atom is -0.457 e. The molecular formula is C14H13BrN2O2. The van der Waals surface area contributed by atoms with Crippen molar-refractivity contribution >= 4 is 21.8 Å². The third-order valence-electron chi connectivity index (χ3n) is 2.62. The second-order valence-corrected chi connectivity index (χ2v) is 4.80. The Morgan fingerprint density at radius 3 is 2.26 bits per heavy atom. The first-order valence-corrected chi connectivity index (χ1v) is 6.45. The predicted octanol–water partition coefficient (Wildman–Crippen LogP) is 2.80. The summed E-state index contributed by atoms with van der Waals surface area (Å²) in [5.41, 5.74) is 12.2. The maximum absolute atomic E-state index is 10.9. The van der Waals surface area contributed by atoms with Crippen LogP contribution < -0.4 is 16.2 Å². The molecule has 0 aliphatic carbocycles. The van der Waals surface area contributed by atoms with E-state index in [0.29, 0.717) is 23.6 Å². The highest BCUT2D eigenvalue weighted by Gasteiger charge is 2.04. The van der Waals surface area contributed by atoms with Crippen molar-refractivity contribution < 1.29 is 9.53 Å². The number of ether oxygens (including phenoxy) is 1. The molecule has 0 aliphatic rings. The quantitative estimate of drug-likeness (QED) is 0.909. The highest BCUT2D eigenvalue weighted by molar-refractivity contribution is 9.10. The molecule has 0 unspecified atom stereocenters. The molecule has 5 heteroatoms. The average molecular weight is 321 g/mol. The molecule has 1 amide bonds. The Morgan fingerprint density at radius 2 is 1.74 bits per heavy atom. The lowest BCUT2D eigenvalue weighted by Crippen LogP contribution is -2.10. The number of carbonyl (C=O) groups is 1. The highest BCUT2D eigenvalue weighted by atomic mass is 79.9. The van der Waals surface area contributed by atoms with Crippen LogP contribution >= 0.6 is 15.9 Å². The van der Waals surface area contributed by atoms with Gasteiger partial charge in [0.1, 0.15) is 11.5 Å². The molecule has 2 aromatic carbocycles. The predicted molar refractivity (Wildman–Crippen MR) is 77.1 cm³/mol. The van der Waals surface area contributed by atoms with Gasteiger partial charge in [0.05, 0.1) is 0 Å². The summed E-state index contributed by atoms with van der Waals surface area (Å²) in [4.78, 5) is 10.9. The van der Waals surface area contributed by atoms with E-state index in [1.807, 2.05) is 18.2 Å². The van der Waals surface area contributed by atoms with Gasteiger partial charge in [-0.3, -0.25) is 4.79 Å². The molecule has 0 atom stereocenters. The Bertz CT molecular complexity index is 597. The van der Waals surface area contributed by atoms with E-state index in [2.05, 4.69) is 15.9 Å². The van der Waals surface area contributed by atoms with Gasteiger partial charge in [-0.25, -0.2) is 0 Å². The zero-order valence-electron chi connectivity index (χ0n) is 10.1. The normalized spacial score (nSPS) is 10.2. The van der Waals surface area contributed by atoms with E-state index in [1.165, 1.54) is 0 Å². The Balaban J connectivity index is 2.16. The maximum atomic E-state index is 10.9. The Hall–Kier alpha value is -1.85. The fraction of sp³-hybridized carbons (Fsp3) is 0.0714. The van der Waals surface area contributed by atoms with Crippen molar-refractivity contribution in [2.24, 2.45) is 11.5 Å². The molecule has 0 radical (unpaired) electrons. The number of benzene rings is 2. The van der Waals surface area contributed by atoms with Gasteiger partial charge in [-0.1, -0.05) is 22.0 Å². The van der Waals surface area contributed by atoms with E-state index in [-0.39, 0.29) is 0 Å². The van der Waals surface area contributed by atoms with Gasteiger partial charge in [-0.05, 0) is 42.0 Å². The largest absolute Gasteiger partial charge is 0.457 e. The molecule has 0 fully saturated rings. The first kappa shape index (κ1) is 13.6. The summed E-state index contributed by atoms with van der Waals surface area (Å²) >= 11 is 3.43. The van der Waals surface area contributed by atoms with E-state index in [9.17, 15) is 4.79 Å². The summed E-state index contributed by atoms with van der Waals surface area (Å²) < 4.78 is 6.57. The number of hydrogen-bond donors (Lipinski definition) is 2. The molecule has 4 nitrogen and oxygen atoms in total. The Kier molecular flexibility index (Phi) is 4.19. The SMILES string of the molecule is NCc1ccc(Oc2ccc(C(N)=O)cc2)cc1Br. The molecule has 0 saturated carbocycles. The fourth-order valence-corrected chi connectivity index (χ4v) is 2.10. The van der Waals surface area contributed by atoms with Gasteiger partial charge in [0.15, 0.2) is 0 Å². The zero-order valence-corrected chi connectivity index (χ0v) is 11.7. The summed E-state index contributed by atoms with van der Waals surface area (Å²) in [5.74, 6) is 0.870. The maximum Gasteiger partial charge on any atom is 0.248 e. The molecule has 0 heterocycles. The van der Waals surface area contributed by atoms with Crippen LogP contribution in [0.25, 0.3) is 0 Å². The van der Waals surface area contributed by atoms with E-state index in [1.54, 1.807) is 24.3 Å². The molecule has 4 N–H and O–H groups in total. The lowest BCUT2D eigenvalue weighted by molar-refractivity contribution is 0.100. The van der Waals surface area contributed by atoms with Crippen LogP contribution in [0.3, 0.4) is 0 Å². The zero-order chi connectivity index (χ0) is 13.8. The summed E-state index contributed by atoms with van der Waals surface area (Å²) in [5, 5.41) is 0. The van der Waals surface area contributed by atoms with Crippen LogP contribution in [0.15, 0.2) is 46.9 Å². The number of amides is 1. The van der Waals surface area contributed by atoms with Crippen molar-refractivity contribution in [2.75, 3.05) is 0 Å². The topological polar surface area (TPSA) is 78.3 Å². The Morgan fingerprint density at radius 1 is 1.11 bits per heavy atom. The van der Waals surface area contributed by atoms with Crippen molar-refractivity contribution in [3.63, 3.8) is 0 Å². The second-order valence-electron chi connectivity index (χ2n) is 3.95. The average Bonchev–Trinajstić information content (AvgIpc) is 2.39. The molecule has 0 aromatic heterocycles. The van der Waals surface area contributed by atoms with Crippen LogP contribution in [-0.4, -0.2) is 5.91 Å². The van der Waals surface area contributed by atoms with Gasteiger partial charge in [0, 0.05) is 16.6 Å². The van der Waals surface area contributed by atoms with Gasteiger partial charge < -0.3 is 16.2 Å². The van der Waals surface area contributed by atoms with E-state index < -0.39 is 5.91 Å². The number of rotatable bonds is 4. The Labute approximate surface area is 119 Å². The van der Waals surface area contributed by atoms with E-state index >= 15 is 0 Å². The van der Waals surface area contributed by atoms with Gasteiger partial charge in [-0.15, -0.1) is 0 Å². The molecule has 2 rings (SSSR count). The minimum atomic E-state index is -0.457. The lowest BCUT2D eigenvalue weighted by atomic mass is 10.2. The number of halogens is 1. The van der Waals surface area contributed by atoms with Gasteiger partial charge in [0.25, 0.3) is 0 Å². The number of primary amides is 1. The second kappa shape index (κ2) is 5.86. The molecule has 19 heavy (non-hydrogen) atoms. The fourth-order valence-electron chi connectivity index (χ4n) is 1.58. The van der Waals surface area contributed by atoms with Crippen LogP contribution in [0.5, 0.6) is 11.5 Å². The molecule has 0 bridgehead atoms. The van der Waals surface area contributed by atoms with Crippen LogP contribution in [0.4, 0.5) is 0 Å². The van der Waals surface area contributed by atoms with Gasteiger partial charge >= 0.3 is 0 Å². The molecule has 0 spiro atoms. The lowest BCUT2D eigenvalue weighted by Gasteiger charge is -2.08. The molecular weight excluding hydrogens is 308 g/mol. The molecule has 2 aromatic rings. The standard InChI is InChI=1S/C14H13BrN2O2/c15-13-7-12(6-3-10(13)8-16)19-11-4-1-9(2-5-11)14(17)18/h1-7H,8,16H2,(H2,17,18). The van der Waals surface area contributed by atoms with Crippen molar-refractivity contribution in [3.8, 4) is 11.5 Å². The van der Waals surface area contributed by atoms with Crippen LogP contribution in [0, 0.1) is 0 Å². The molecule has 0 saturated heterocycles. The minimum absolute atomic E-state index is 0.451. The summed E-state index contributed by atoms with van der Waals surface area (Å²) in [7, 11) is 0. The first-order valence-electron chi connectivity index (χ1n) is 5.66. The van der Waals surface area contributed by atoms with E-state index in [4.69, 9.17) is 16.2 Å². The van der Waals surface area contributed by atoms with Gasteiger partial charge in [-0.2, -0.15) is 0 Å². The third-order valence-corrected chi connectivity index (χ3v) is 3.36. The van der Waals surface area contributed by atoms with Crippen molar-refractivity contribution in [1.82, 2.24) is 0 Å². The first-order chi connectivity index (χ1) is 9.10. The van der Waals surface area contributed by atoms with Gasteiger partial charge in [0.2, 0.25) is 5.91 Å². The molecule has 98 valence electrons. The summed E-state index contributed by atoms with van der Waals surface area (Å²) in [6, 6.07) is 12.2. The number of nitrogens with two attached hydrogens (primary N) is 2. The monoisotopic (exact) mass is 320 g/mol. The van der Waals surface area contributed by atoms with Crippen LogP contribution in [-0.2, 0) is 6.54 Å². The van der Waals surface area contributed by atoms with Crippen LogP contribution in [0.2, 0.25) is 0 Å². The number of hydrogen-bond acceptors (Lipinski definition) is 3. The molecule has 0 aliphatic heterocycles. The highest BCUT2D eigenvalue weighted by Crippen LogP contribution is 2.27. The van der Waals surface area contributed by atoms with Crippen molar-refractivity contribution in [3.05, 3.63) is 58.1 Å². The van der Waals surface area contributed by atoms with Crippen molar-refractivity contribution in [2.45, 2.75) is 6.54 Å². The van der Waals surface area contributed by atoms with E-state index in [0.717, 1.165) is 10.0 Å².